The summed E-state index contributed by atoms with van der Waals surface area (Å²) in [6.45, 7) is 6.49. The molecule has 4 heteroatoms. The molecule has 0 saturated heterocycles. The molecule has 3 aromatic carbocycles. The Morgan fingerprint density at radius 1 is 0.963 bits per heavy atom. The number of hydrogen-bond donors (Lipinski definition) is 0. The molecule has 4 aromatic rings. The summed E-state index contributed by atoms with van der Waals surface area (Å²) in [4.78, 5) is 17.8. The van der Waals surface area contributed by atoms with E-state index in [1.165, 1.54) is 16.3 Å². The minimum Gasteiger partial charge on any atom is -0.319 e. The predicted octanol–water partition coefficient (Wildman–Crippen LogP) is 5.43. The fourth-order valence-electron chi connectivity index (χ4n) is 3.23. The van der Waals surface area contributed by atoms with Gasteiger partial charge in [0.25, 0.3) is 5.91 Å². The molecule has 0 fully saturated rings. The van der Waals surface area contributed by atoms with Crippen molar-refractivity contribution in [1.29, 1.82) is 0 Å². The van der Waals surface area contributed by atoms with Gasteiger partial charge >= 0.3 is 0 Å². The van der Waals surface area contributed by atoms with Crippen molar-refractivity contribution in [2.75, 3.05) is 0 Å². The van der Waals surface area contributed by atoms with E-state index in [0.717, 1.165) is 10.2 Å². The molecule has 1 aromatic heterocycles. The van der Waals surface area contributed by atoms with Gasteiger partial charge in [0, 0.05) is 18.0 Å². The Hall–Kier alpha value is -2.72. The van der Waals surface area contributed by atoms with E-state index in [9.17, 15) is 4.79 Å². The first-order chi connectivity index (χ1) is 12.8. The lowest BCUT2D eigenvalue weighted by molar-refractivity contribution is 0.0998. The molecule has 0 atom stereocenters. The van der Waals surface area contributed by atoms with Crippen LogP contribution in [0.1, 0.15) is 36.7 Å². The third kappa shape index (κ3) is 3.21. The average Bonchev–Trinajstić information content (AvgIpc) is 2.97. The summed E-state index contributed by atoms with van der Waals surface area (Å²) in [6.07, 6.45) is 0. The molecule has 0 radical (unpaired) electrons. The van der Waals surface area contributed by atoms with Crippen LogP contribution in [0.15, 0.2) is 65.7 Å². The number of benzene rings is 3. The van der Waals surface area contributed by atoms with Gasteiger partial charge in [-0.15, -0.1) is 0 Å². The molecule has 0 bridgehead atoms. The van der Waals surface area contributed by atoms with Gasteiger partial charge in [-0.05, 0) is 34.6 Å². The normalized spacial score (nSPS) is 12.8. The lowest BCUT2D eigenvalue weighted by Gasteiger charge is -2.18. The monoisotopic (exact) mass is 374 g/mol. The van der Waals surface area contributed by atoms with E-state index in [1.807, 2.05) is 48.0 Å². The Kier molecular flexibility index (Phi) is 4.23. The average molecular weight is 375 g/mol. The van der Waals surface area contributed by atoms with Crippen molar-refractivity contribution >= 4 is 38.2 Å². The van der Waals surface area contributed by atoms with Gasteiger partial charge in [-0.3, -0.25) is 4.79 Å². The summed E-state index contributed by atoms with van der Waals surface area (Å²) in [5, 5.41) is 2.39. The van der Waals surface area contributed by atoms with E-state index in [1.54, 1.807) is 11.3 Å². The van der Waals surface area contributed by atoms with Crippen molar-refractivity contribution in [3.05, 3.63) is 76.6 Å². The Balaban J connectivity index is 1.79. The minimum absolute atomic E-state index is 0.0672. The van der Waals surface area contributed by atoms with Crippen molar-refractivity contribution in [3.63, 3.8) is 0 Å². The second kappa shape index (κ2) is 6.46. The number of aryl methyl sites for hydroxylation is 1. The lowest BCUT2D eigenvalue weighted by Crippen LogP contribution is -2.14. The summed E-state index contributed by atoms with van der Waals surface area (Å²) in [7, 11) is 1.96. The van der Waals surface area contributed by atoms with Crippen molar-refractivity contribution in [3.8, 4) is 0 Å². The lowest BCUT2D eigenvalue weighted by atomic mass is 9.87. The van der Waals surface area contributed by atoms with Crippen LogP contribution in [0.2, 0.25) is 0 Å². The maximum Gasteiger partial charge on any atom is 0.279 e. The van der Waals surface area contributed by atoms with Crippen LogP contribution in [0, 0.1) is 0 Å². The van der Waals surface area contributed by atoms with Crippen LogP contribution < -0.4 is 4.80 Å². The Morgan fingerprint density at radius 3 is 2.37 bits per heavy atom. The number of carbonyl (C=O) groups excluding carboxylic acids is 1. The molecule has 0 unspecified atom stereocenters. The van der Waals surface area contributed by atoms with Gasteiger partial charge in [-0.2, -0.15) is 4.99 Å². The molecule has 27 heavy (non-hydrogen) atoms. The zero-order valence-corrected chi connectivity index (χ0v) is 16.8. The fourth-order valence-corrected chi connectivity index (χ4v) is 4.38. The van der Waals surface area contributed by atoms with E-state index >= 15 is 0 Å². The third-order valence-electron chi connectivity index (χ3n) is 4.90. The number of amides is 1. The molecule has 0 saturated carbocycles. The van der Waals surface area contributed by atoms with Crippen molar-refractivity contribution in [2.45, 2.75) is 26.2 Å². The Bertz CT molecular complexity index is 1220. The van der Waals surface area contributed by atoms with Crippen LogP contribution in [0.3, 0.4) is 0 Å². The van der Waals surface area contributed by atoms with Gasteiger partial charge in [0.1, 0.15) is 0 Å². The Labute approximate surface area is 162 Å². The van der Waals surface area contributed by atoms with Crippen molar-refractivity contribution < 1.29 is 4.79 Å². The summed E-state index contributed by atoms with van der Waals surface area (Å²) >= 11 is 1.56. The first kappa shape index (κ1) is 17.7. The molecule has 0 aliphatic rings. The van der Waals surface area contributed by atoms with E-state index < -0.39 is 0 Å². The first-order valence-electron chi connectivity index (χ1n) is 9.01. The largest absolute Gasteiger partial charge is 0.319 e. The van der Waals surface area contributed by atoms with Gasteiger partial charge in [0.05, 0.1) is 10.2 Å². The second-order valence-corrected chi connectivity index (χ2v) is 8.80. The maximum absolute atomic E-state index is 12.7. The van der Waals surface area contributed by atoms with Gasteiger partial charge in [0.15, 0.2) is 4.80 Å². The number of carbonyl (C=O) groups is 1. The predicted molar refractivity (Wildman–Crippen MR) is 113 cm³/mol. The van der Waals surface area contributed by atoms with E-state index in [2.05, 4.69) is 50.0 Å². The van der Waals surface area contributed by atoms with Gasteiger partial charge in [0.2, 0.25) is 0 Å². The van der Waals surface area contributed by atoms with E-state index in [0.29, 0.717) is 10.4 Å². The SMILES string of the molecule is Cn1c(=NC(=O)c2ccc(C(C)(C)C)cc2)sc2c3ccccc3ccc21. The van der Waals surface area contributed by atoms with Crippen LogP contribution >= 0.6 is 11.3 Å². The van der Waals surface area contributed by atoms with Crippen LogP contribution in [-0.2, 0) is 12.5 Å². The van der Waals surface area contributed by atoms with Gasteiger partial charge in [-0.1, -0.05) is 74.6 Å². The molecule has 4 rings (SSSR count). The highest BCUT2D eigenvalue weighted by atomic mass is 32.1. The zero-order chi connectivity index (χ0) is 19.2. The van der Waals surface area contributed by atoms with Crippen LogP contribution in [-0.4, -0.2) is 10.5 Å². The highest BCUT2D eigenvalue weighted by Crippen LogP contribution is 2.27. The molecule has 1 heterocycles. The van der Waals surface area contributed by atoms with Crippen LogP contribution in [0.5, 0.6) is 0 Å². The van der Waals surface area contributed by atoms with Crippen molar-refractivity contribution in [1.82, 2.24) is 4.57 Å². The van der Waals surface area contributed by atoms with Gasteiger partial charge < -0.3 is 4.57 Å². The number of hydrogen-bond acceptors (Lipinski definition) is 2. The summed E-state index contributed by atoms with van der Waals surface area (Å²) in [6, 6.07) is 20.3. The molecule has 0 spiro atoms. The number of fused-ring (bicyclic) bond motifs is 3. The first-order valence-corrected chi connectivity index (χ1v) is 9.83. The molecule has 136 valence electrons. The zero-order valence-electron chi connectivity index (χ0n) is 16.0. The molecule has 0 N–H and O–H groups in total. The fraction of sp³-hybridized carbons (Fsp3) is 0.217. The minimum atomic E-state index is -0.207. The number of nitrogens with zero attached hydrogens (tertiary/aromatic N) is 2. The molecule has 0 aliphatic heterocycles. The quantitative estimate of drug-likeness (QED) is 0.437. The smallest absolute Gasteiger partial charge is 0.279 e. The maximum atomic E-state index is 12.7. The van der Waals surface area contributed by atoms with E-state index in [4.69, 9.17) is 0 Å². The van der Waals surface area contributed by atoms with Crippen LogP contribution in [0.25, 0.3) is 21.0 Å². The summed E-state index contributed by atoms with van der Waals surface area (Å²) < 4.78 is 3.15. The topological polar surface area (TPSA) is 34.4 Å². The highest BCUT2D eigenvalue weighted by Gasteiger charge is 2.14. The summed E-state index contributed by atoms with van der Waals surface area (Å²) in [5.74, 6) is -0.207. The number of rotatable bonds is 1. The molecular weight excluding hydrogens is 352 g/mol. The molecule has 3 nitrogen and oxygen atoms in total. The molecule has 0 aliphatic carbocycles. The molecule has 1 amide bonds. The highest BCUT2D eigenvalue weighted by molar-refractivity contribution is 7.17. The summed E-state index contributed by atoms with van der Waals surface area (Å²) in [5.41, 5.74) is 2.98. The van der Waals surface area contributed by atoms with Crippen molar-refractivity contribution in [2.24, 2.45) is 12.0 Å². The Morgan fingerprint density at radius 2 is 1.67 bits per heavy atom. The van der Waals surface area contributed by atoms with Gasteiger partial charge in [-0.25, -0.2) is 0 Å². The van der Waals surface area contributed by atoms with E-state index in [-0.39, 0.29) is 11.3 Å². The third-order valence-corrected chi connectivity index (χ3v) is 6.08. The number of aromatic nitrogens is 1. The number of thiazole rings is 1. The standard InChI is InChI=1S/C23H22N2OS/c1-23(2,3)17-12-9-16(10-13-17)21(26)24-22-25(4)19-14-11-15-7-5-6-8-18(15)20(19)27-22/h5-14H,1-4H3. The second-order valence-electron chi connectivity index (χ2n) is 7.82. The van der Waals surface area contributed by atoms with Crippen LogP contribution in [0.4, 0.5) is 0 Å². The molecular formula is C23H22N2OS.